The van der Waals surface area contributed by atoms with Crippen LogP contribution in [0.5, 0.6) is 5.75 Å². The van der Waals surface area contributed by atoms with Crippen molar-refractivity contribution in [3.05, 3.63) is 81.7 Å². The Kier molecular flexibility index (Phi) is 7.20. The van der Waals surface area contributed by atoms with Gasteiger partial charge in [0.25, 0.3) is 5.91 Å². The fourth-order valence-corrected chi connectivity index (χ4v) is 4.35. The Morgan fingerprint density at radius 3 is 2.29 bits per heavy atom. The minimum absolute atomic E-state index is 0.0616. The van der Waals surface area contributed by atoms with Gasteiger partial charge < -0.3 is 15.8 Å². The Balaban J connectivity index is 1.63. The van der Waals surface area contributed by atoms with Crippen LogP contribution in [0.2, 0.25) is 0 Å². The summed E-state index contributed by atoms with van der Waals surface area (Å²) in [5.41, 5.74) is 8.78. The molecular weight excluding hydrogens is 412 g/mol. The normalized spacial score (nSPS) is 10.5. The van der Waals surface area contributed by atoms with E-state index in [9.17, 15) is 14.4 Å². The lowest BCUT2D eigenvalue weighted by Gasteiger charge is -2.06. The number of anilines is 1. The first-order valence-corrected chi connectivity index (χ1v) is 10.7. The summed E-state index contributed by atoms with van der Waals surface area (Å²) in [6, 6.07) is 16.9. The van der Waals surface area contributed by atoms with Crippen LogP contribution in [0.3, 0.4) is 0 Å². The monoisotopic (exact) mass is 436 g/mol. The Morgan fingerprint density at radius 2 is 1.65 bits per heavy atom. The first-order valence-electron chi connectivity index (χ1n) is 9.86. The van der Waals surface area contributed by atoms with Gasteiger partial charge in [-0.25, -0.2) is 0 Å². The molecule has 0 aliphatic rings. The molecule has 160 valence electrons. The van der Waals surface area contributed by atoms with E-state index >= 15 is 0 Å². The smallest absolute Gasteiger partial charge is 0.311 e. The molecule has 3 rings (SSSR count). The van der Waals surface area contributed by atoms with Gasteiger partial charge >= 0.3 is 5.97 Å². The predicted octanol–water partition coefficient (Wildman–Crippen LogP) is 4.38. The predicted molar refractivity (Wildman–Crippen MR) is 121 cm³/mol. The number of amides is 2. The van der Waals surface area contributed by atoms with Crippen LogP contribution in [-0.2, 0) is 16.0 Å². The van der Waals surface area contributed by atoms with E-state index < -0.39 is 11.9 Å². The van der Waals surface area contributed by atoms with Crippen LogP contribution in [-0.4, -0.2) is 17.8 Å². The Labute approximate surface area is 185 Å². The number of aryl methyl sites for hydroxylation is 1. The summed E-state index contributed by atoms with van der Waals surface area (Å²) in [5, 5.41) is 3.15. The second-order valence-corrected chi connectivity index (χ2v) is 8.32. The maximum absolute atomic E-state index is 12.4. The number of nitrogens with one attached hydrogen (secondary N) is 1. The molecule has 0 bridgehead atoms. The highest BCUT2D eigenvalue weighted by Crippen LogP contribution is 2.34. The highest BCUT2D eigenvalue weighted by molar-refractivity contribution is 7.17. The van der Waals surface area contributed by atoms with E-state index in [1.54, 1.807) is 12.1 Å². The van der Waals surface area contributed by atoms with Crippen LogP contribution in [0.15, 0.2) is 54.6 Å². The third-order valence-electron chi connectivity index (χ3n) is 4.76. The van der Waals surface area contributed by atoms with Crippen molar-refractivity contribution in [3.63, 3.8) is 0 Å². The second-order valence-electron chi connectivity index (χ2n) is 7.22. The third-order valence-corrected chi connectivity index (χ3v) is 5.97. The summed E-state index contributed by atoms with van der Waals surface area (Å²) in [4.78, 5) is 37.4. The van der Waals surface area contributed by atoms with Crippen LogP contribution >= 0.6 is 11.3 Å². The van der Waals surface area contributed by atoms with Gasteiger partial charge in [-0.1, -0.05) is 48.0 Å². The standard InChI is InChI=1S/C24H24N2O4S/c1-15-8-10-18(11-9-15)30-21(28)13-12-20(27)26-24-22(23(25)29)16(2)19(31-24)14-17-6-4-3-5-7-17/h3-11H,12-14H2,1-2H3,(H2,25,29)(H,26,27). The second kappa shape index (κ2) is 10.0. The largest absolute Gasteiger partial charge is 0.427 e. The van der Waals surface area contributed by atoms with Crippen molar-refractivity contribution >= 4 is 34.1 Å². The Morgan fingerprint density at radius 1 is 0.968 bits per heavy atom. The van der Waals surface area contributed by atoms with E-state index in [2.05, 4.69) is 5.32 Å². The molecule has 3 aromatic rings. The number of primary amides is 1. The first-order chi connectivity index (χ1) is 14.8. The molecule has 0 saturated carbocycles. The molecule has 31 heavy (non-hydrogen) atoms. The van der Waals surface area contributed by atoms with Gasteiger partial charge in [-0.2, -0.15) is 0 Å². The molecule has 0 saturated heterocycles. The number of carbonyl (C=O) groups excluding carboxylic acids is 3. The SMILES string of the molecule is Cc1ccc(OC(=O)CCC(=O)Nc2sc(Cc3ccccc3)c(C)c2C(N)=O)cc1. The molecule has 7 heteroatoms. The number of hydrogen-bond donors (Lipinski definition) is 2. The highest BCUT2D eigenvalue weighted by Gasteiger charge is 2.21. The molecule has 3 N–H and O–H groups in total. The van der Waals surface area contributed by atoms with E-state index in [-0.39, 0.29) is 18.7 Å². The molecule has 6 nitrogen and oxygen atoms in total. The number of hydrogen-bond acceptors (Lipinski definition) is 5. The lowest BCUT2D eigenvalue weighted by Crippen LogP contribution is -2.18. The molecule has 0 aliphatic carbocycles. The fraction of sp³-hybridized carbons (Fsp3) is 0.208. The van der Waals surface area contributed by atoms with Crippen molar-refractivity contribution in [1.29, 1.82) is 0 Å². The molecule has 0 aliphatic heterocycles. The number of benzene rings is 2. The van der Waals surface area contributed by atoms with E-state index in [0.29, 0.717) is 22.7 Å². The van der Waals surface area contributed by atoms with Gasteiger partial charge in [-0.15, -0.1) is 11.3 Å². The fourth-order valence-electron chi connectivity index (χ4n) is 3.09. The highest BCUT2D eigenvalue weighted by atomic mass is 32.1. The number of nitrogens with two attached hydrogens (primary N) is 1. The molecule has 0 unspecified atom stereocenters. The number of ether oxygens (including phenoxy) is 1. The van der Waals surface area contributed by atoms with Gasteiger partial charge in [0.1, 0.15) is 10.8 Å². The van der Waals surface area contributed by atoms with Gasteiger partial charge in [-0.3, -0.25) is 14.4 Å². The zero-order valence-electron chi connectivity index (χ0n) is 17.4. The molecule has 0 spiro atoms. The van der Waals surface area contributed by atoms with Crippen LogP contribution in [0.4, 0.5) is 5.00 Å². The van der Waals surface area contributed by atoms with Gasteiger partial charge in [0.2, 0.25) is 5.91 Å². The van der Waals surface area contributed by atoms with Crippen molar-refractivity contribution in [2.75, 3.05) is 5.32 Å². The molecular formula is C24H24N2O4S. The molecule has 0 fully saturated rings. The van der Waals surface area contributed by atoms with Crippen LogP contribution in [0, 0.1) is 13.8 Å². The number of thiophene rings is 1. The summed E-state index contributed by atoms with van der Waals surface area (Å²) in [6.45, 7) is 3.76. The molecule has 2 amide bonds. The average Bonchev–Trinajstić information content (AvgIpc) is 3.03. The summed E-state index contributed by atoms with van der Waals surface area (Å²) in [6.07, 6.45) is 0.497. The van der Waals surface area contributed by atoms with Gasteiger partial charge in [0, 0.05) is 17.7 Å². The van der Waals surface area contributed by atoms with Crippen LogP contribution < -0.4 is 15.8 Å². The van der Waals surface area contributed by atoms with Crippen molar-refractivity contribution in [2.24, 2.45) is 5.73 Å². The molecule has 0 radical (unpaired) electrons. The topological polar surface area (TPSA) is 98.5 Å². The third kappa shape index (κ3) is 6.02. The molecule has 1 aromatic heterocycles. The van der Waals surface area contributed by atoms with E-state index in [1.807, 2.05) is 56.3 Å². The minimum atomic E-state index is -0.595. The summed E-state index contributed by atoms with van der Waals surface area (Å²) in [7, 11) is 0. The van der Waals surface area contributed by atoms with Crippen molar-refractivity contribution in [1.82, 2.24) is 0 Å². The number of rotatable bonds is 8. The van der Waals surface area contributed by atoms with Crippen LogP contribution in [0.1, 0.15) is 44.8 Å². The number of esters is 1. The van der Waals surface area contributed by atoms with Crippen molar-refractivity contribution in [3.8, 4) is 5.75 Å². The van der Waals surface area contributed by atoms with E-state index in [1.165, 1.54) is 11.3 Å². The summed E-state index contributed by atoms with van der Waals surface area (Å²) < 4.78 is 5.23. The van der Waals surface area contributed by atoms with Gasteiger partial charge in [-0.05, 0) is 37.1 Å². The maximum Gasteiger partial charge on any atom is 0.311 e. The summed E-state index contributed by atoms with van der Waals surface area (Å²) in [5.74, 6) is -1.04. The maximum atomic E-state index is 12.4. The lowest BCUT2D eigenvalue weighted by molar-refractivity contribution is -0.135. The van der Waals surface area contributed by atoms with Crippen LogP contribution in [0.25, 0.3) is 0 Å². The van der Waals surface area contributed by atoms with Crippen molar-refractivity contribution < 1.29 is 19.1 Å². The van der Waals surface area contributed by atoms with Gasteiger partial charge in [0.15, 0.2) is 0 Å². The average molecular weight is 437 g/mol. The number of carbonyl (C=O) groups is 3. The molecule has 2 aromatic carbocycles. The zero-order chi connectivity index (χ0) is 22.4. The molecule has 0 atom stereocenters. The Bertz CT molecular complexity index is 1090. The van der Waals surface area contributed by atoms with Crippen molar-refractivity contribution in [2.45, 2.75) is 33.1 Å². The lowest BCUT2D eigenvalue weighted by atomic mass is 10.1. The first kappa shape index (κ1) is 22.2. The summed E-state index contributed by atoms with van der Waals surface area (Å²) >= 11 is 1.33. The molecule has 1 heterocycles. The van der Waals surface area contributed by atoms with E-state index in [4.69, 9.17) is 10.5 Å². The minimum Gasteiger partial charge on any atom is -0.427 e. The zero-order valence-corrected chi connectivity index (χ0v) is 18.3. The Hall–Kier alpha value is -3.45. The van der Waals surface area contributed by atoms with E-state index in [0.717, 1.165) is 21.6 Å². The quantitative estimate of drug-likeness (QED) is 0.404. The van der Waals surface area contributed by atoms with Gasteiger partial charge in [0.05, 0.1) is 12.0 Å².